The van der Waals surface area contributed by atoms with Gasteiger partial charge in [-0.3, -0.25) is 0 Å². The zero-order valence-corrected chi connectivity index (χ0v) is 9.43. The normalized spacial score (nSPS) is 14.8. The average Bonchev–Trinajstić information content (AvgIpc) is 2.28. The minimum absolute atomic E-state index is 0.348. The number of hydrogen-bond donors (Lipinski definition) is 2. The Labute approximate surface area is 98.3 Å². The first kappa shape index (κ1) is 11.4. The molecule has 1 aromatic rings. The molecule has 6 heteroatoms. The van der Waals surface area contributed by atoms with Crippen molar-refractivity contribution in [3.05, 3.63) is 17.5 Å². The van der Waals surface area contributed by atoms with Crippen molar-refractivity contribution in [1.29, 1.82) is 0 Å². The van der Waals surface area contributed by atoms with Crippen LogP contribution in [0.25, 0.3) is 6.08 Å². The summed E-state index contributed by atoms with van der Waals surface area (Å²) in [4.78, 5) is 19.1. The molecule has 0 saturated carbocycles. The van der Waals surface area contributed by atoms with Crippen molar-refractivity contribution in [2.24, 2.45) is 0 Å². The van der Waals surface area contributed by atoms with Gasteiger partial charge in [-0.05, 0) is 18.9 Å². The Kier molecular flexibility index (Phi) is 3.22. The van der Waals surface area contributed by atoms with Crippen molar-refractivity contribution < 1.29 is 14.6 Å². The molecule has 2 N–H and O–H groups in total. The Hall–Kier alpha value is -2.11. The van der Waals surface area contributed by atoms with E-state index >= 15 is 0 Å². The molecule has 0 aromatic carbocycles. The summed E-state index contributed by atoms with van der Waals surface area (Å²) in [7, 11) is 1.50. The van der Waals surface area contributed by atoms with Gasteiger partial charge in [-0.25, -0.2) is 14.8 Å². The molecule has 17 heavy (non-hydrogen) atoms. The first-order chi connectivity index (χ1) is 8.22. The van der Waals surface area contributed by atoms with Crippen LogP contribution in [0, 0.1) is 0 Å². The average molecular weight is 235 g/mol. The largest absolute Gasteiger partial charge is 0.480 e. The van der Waals surface area contributed by atoms with Gasteiger partial charge in [0.1, 0.15) is 12.1 Å². The van der Waals surface area contributed by atoms with E-state index < -0.39 is 5.97 Å². The van der Waals surface area contributed by atoms with Gasteiger partial charge < -0.3 is 15.2 Å². The van der Waals surface area contributed by atoms with Gasteiger partial charge in [0.05, 0.1) is 12.7 Å². The van der Waals surface area contributed by atoms with E-state index in [0.29, 0.717) is 35.8 Å². The maximum absolute atomic E-state index is 11.1. The molecule has 0 radical (unpaired) electrons. The molecule has 0 fully saturated rings. The van der Waals surface area contributed by atoms with Crippen LogP contribution in [0.1, 0.15) is 18.4 Å². The van der Waals surface area contributed by atoms with Crippen LogP contribution in [-0.4, -0.2) is 34.7 Å². The van der Waals surface area contributed by atoms with Crippen molar-refractivity contribution in [3.63, 3.8) is 0 Å². The number of fused-ring (bicyclic) bond motifs is 1. The summed E-state index contributed by atoms with van der Waals surface area (Å²) in [5.41, 5.74) is 0.938. The number of carbonyl (C=O) groups is 1. The summed E-state index contributed by atoms with van der Waals surface area (Å²) in [5, 5.41) is 12.2. The molecule has 0 saturated heterocycles. The van der Waals surface area contributed by atoms with Crippen LogP contribution >= 0.6 is 0 Å². The summed E-state index contributed by atoms with van der Waals surface area (Å²) < 4.78 is 5.11. The van der Waals surface area contributed by atoms with E-state index in [1.807, 2.05) is 0 Å². The van der Waals surface area contributed by atoms with Crippen molar-refractivity contribution in [3.8, 4) is 5.88 Å². The number of rotatable bonds is 2. The fourth-order valence-corrected chi connectivity index (χ4v) is 1.71. The van der Waals surface area contributed by atoms with E-state index in [2.05, 4.69) is 15.3 Å². The summed E-state index contributed by atoms with van der Waals surface area (Å²) >= 11 is 0. The Bertz CT molecular complexity index is 471. The number of hydrogen-bond acceptors (Lipinski definition) is 5. The number of aromatic nitrogens is 2. The number of carboxylic acid groups (broad SMARTS) is 1. The maximum Gasteiger partial charge on any atom is 0.331 e. The lowest BCUT2D eigenvalue weighted by Gasteiger charge is -2.14. The third-order valence-corrected chi connectivity index (χ3v) is 2.55. The van der Waals surface area contributed by atoms with Gasteiger partial charge in [0.15, 0.2) is 0 Å². The lowest BCUT2D eigenvalue weighted by molar-refractivity contribution is -0.132. The Balaban J connectivity index is 2.53. The molecule has 0 spiro atoms. The lowest BCUT2D eigenvalue weighted by Crippen LogP contribution is -2.12. The minimum Gasteiger partial charge on any atom is -0.480 e. The van der Waals surface area contributed by atoms with Crippen LogP contribution in [-0.2, 0) is 4.79 Å². The summed E-state index contributed by atoms with van der Waals surface area (Å²) in [6.45, 7) is 0.678. The standard InChI is InChI=1S/C11H13N3O3/c1-17-10-8-5-7(11(15)16)3-2-4-12-9(8)13-6-14-10/h5-6H,2-4H2,1H3,(H,15,16)(H,12,13,14). The van der Waals surface area contributed by atoms with Gasteiger partial charge in [0.25, 0.3) is 0 Å². The van der Waals surface area contributed by atoms with Crippen molar-refractivity contribution in [2.45, 2.75) is 12.8 Å². The Morgan fingerprint density at radius 3 is 3.06 bits per heavy atom. The molecule has 0 amide bonds. The maximum atomic E-state index is 11.1. The molecule has 2 heterocycles. The second kappa shape index (κ2) is 4.82. The smallest absolute Gasteiger partial charge is 0.331 e. The first-order valence-electron chi connectivity index (χ1n) is 5.29. The van der Waals surface area contributed by atoms with Crippen molar-refractivity contribution in [1.82, 2.24) is 9.97 Å². The monoisotopic (exact) mass is 235 g/mol. The fraction of sp³-hybridized carbons (Fsp3) is 0.364. The van der Waals surface area contributed by atoms with E-state index in [0.717, 1.165) is 6.42 Å². The topological polar surface area (TPSA) is 84.3 Å². The molecule has 90 valence electrons. The van der Waals surface area contributed by atoms with E-state index in [1.165, 1.54) is 13.4 Å². The van der Waals surface area contributed by atoms with Gasteiger partial charge in [-0.15, -0.1) is 0 Å². The number of aliphatic carboxylic acids is 1. The molecule has 0 unspecified atom stereocenters. The molecule has 6 nitrogen and oxygen atoms in total. The number of carboxylic acids is 1. The number of ether oxygens (including phenoxy) is 1. The molecule has 1 aliphatic rings. The van der Waals surface area contributed by atoms with E-state index in [-0.39, 0.29) is 0 Å². The first-order valence-corrected chi connectivity index (χ1v) is 5.29. The minimum atomic E-state index is -0.913. The highest BCUT2D eigenvalue weighted by Gasteiger charge is 2.16. The van der Waals surface area contributed by atoms with Crippen LogP contribution in [0.5, 0.6) is 5.88 Å². The van der Waals surface area contributed by atoms with Crippen LogP contribution in [0.15, 0.2) is 11.9 Å². The second-order valence-corrected chi connectivity index (χ2v) is 3.65. The van der Waals surface area contributed by atoms with E-state index in [4.69, 9.17) is 9.84 Å². The van der Waals surface area contributed by atoms with Crippen LogP contribution < -0.4 is 10.1 Å². The van der Waals surface area contributed by atoms with Gasteiger partial charge in [0, 0.05) is 12.1 Å². The van der Waals surface area contributed by atoms with Crippen molar-refractivity contribution >= 4 is 17.9 Å². The fourth-order valence-electron chi connectivity index (χ4n) is 1.71. The van der Waals surface area contributed by atoms with Gasteiger partial charge in [-0.2, -0.15) is 0 Å². The van der Waals surface area contributed by atoms with E-state index in [1.54, 1.807) is 6.08 Å². The molecule has 0 bridgehead atoms. The number of nitrogens with zero attached hydrogens (tertiary/aromatic N) is 2. The molecule has 0 atom stereocenters. The zero-order valence-electron chi connectivity index (χ0n) is 9.43. The highest BCUT2D eigenvalue weighted by atomic mass is 16.5. The van der Waals surface area contributed by atoms with Gasteiger partial charge >= 0.3 is 5.97 Å². The SMILES string of the molecule is COc1ncnc2c1C=C(C(=O)O)CCCN2. The van der Waals surface area contributed by atoms with Crippen molar-refractivity contribution in [2.75, 3.05) is 19.0 Å². The molecule has 2 rings (SSSR count). The number of anilines is 1. The molecular formula is C11H13N3O3. The van der Waals surface area contributed by atoms with E-state index in [9.17, 15) is 4.79 Å². The predicted octanol–water partition coefficient (Wildman–Crippen LogP) is 1.16. The predicted molar refractivity (Wildman–Crippen MR) is 61.9 cm³/mol. The third kappa shape index (κ3) is 2.35. The Morgan fingerprint density at radius 2 is 2.35 bits per heavy atom. The highest BCUT2D eigenvalue weighted by molar-refractivity contribution is 5.93. The number of nitrogens with one attached hydrogen (secondary N) is 1. The van der Waals surface area contributed by atoms with Gasteiger partial charge in [-0.1, -0.05) is 0 Å². The van der Waals surface area contributed by atoms with Crippen LogP contribution in [0.2, 0.25) is 0 Å². The van der Waals surface area contributed by atoms with Crippen LogP contribution in [0.4, 0.5) is 5.82 Å². The number of methoxy groups -OCH3 is 1. The van der Waals surface area contributed by atoms with Crippen LogP contribution in [0.3, 0.4) is 0 Å². The quantitative estimate of drug-likeness (QED) is 0.800. The molecule has 1 aromatic heterocycles. The molecule has 0 aliphatic carbocycles. The molecule has 1 aliphatic heterocycles. The second-order valence-electron chi connectivity index (χ2n) is 3.65. The Morgan fingerprint density at radius 1 is 1.53 bits per heavy atom. The lowest BCUT2D eigenvalue weighted by atomic mass is 10.1. The molecular weight excluding hydrogens is 222 g/mol. The summed E-state index contributed by atoms with van der Waals surface area (Å²) in [6, 6.07) is 0. The van der Waals surface area contributed by atoms with Gasteiger partial charge in [0.2, 0.25) is 5.88 Å². The summed E-state index contributed by atoms with van der Waals surface area (Å²) in [6.07, 6.45) is 4.23. The summed E-state index contributed by atoms with van der Waals surface area (Å²) in [5.74, 6) is 0.0715. The highest BCUT2D eigenvalue weighted by Crippen LogP contribution is 2.27. The third-order valence-electron chi connectivity index (χ3n) is 2.55. The zero-order chi connectivity index (χ0) is 12.3.